The molecule has 0 saturated carbocycles. The molecule has 0 aromatic heterocycles. The van der Waals surface area contributed by atoms with Gasteiger partial charge in [-0.3, -0.25) is 4.90 Å². The molecule has 0 aromatic carbocycles. The van der Waals surface area contributed by atoms with Crippen molar-refractivity contribution in [2.75, 3.05) is 26.2 Å². The average Bonchev–Trinajstić information content (AvgIpc) is 2.47. The van der Waals surface area contributed by atoms with Crippen LogP contribution >= 0.6 is 0 Å². The van der Waals surface area contributed by atoms with Gasteiger partial charge in [0.1, 0.15) is 0 Å². The summed E-state index contributed by atoms with van der Waals surface area (Å²) in [5, 5.41) is 3.59. The van der Waals surface area contributed by atoms with Gasteiger partial charge in [0.25, 0.3) is 0 Å². The monoisotopic (exact) mass is 268 g/mol. The molecular formula is C17H36N2. The van der Waals surface area contributed by atoms with Crippen molar-refractivity contribution >= 4 is 0 Å². The van der Waals surface area contributed by atoms with E-state index in [-0.39, 0.29) is 0 Å². The van der Waals surface area contributed by atoms with Crippen LogP contribution in [-0.4, -0.2) is 36.6 Å². The normalized spacial score (nSPS) is 19.7. The zero-order valence-corrected chi connectivity index (χ0v) is 13.6. The first-order valence-electron chi connectivity index (χ1n) is 8.75. The van der Waals surface area contributed by atoms with Crippen LogP contribution in [0.5, 0.6) is 0 Å². The molecule has 1 saturated heterocycles. The summed E-state index contributed by atoms with van der Waals surface area (Å²) in [5.74, 6) is 0. The van der Waals surface area contributed by atoms with Crippen LogP contribution in [0.25, 0.3) is 0 Å². The number of piperazine rings is 1. The smallest absolute Gasteiger partial charge is 0.0329 e. The lowest BCUT2D eigenvalue weighted by molar-refractivity contribution is 0.0505. The second kappa shape index (κ2) is 9.77. The van der Waals surface area contributed by atoms with Crippen molar-refractivity contribution in [2.24, 2.45) is 0 Å². The first kappa shape index (κ1) is 17.0. The third-order valence-electron chi connectivity index (χ3n) is 5.03. The summed E-state index contributed by atoms with van der Waals surface area (Å²) in [4.78, 5) is 2.77. The third kappa shape index (κ3) is 5.43. The van der Waals surface area contributed by atoms with Crippen molar-refractivity contribution in [2.45, 2.75) is 84.1 Å². The van der Waals surface area contributed by atoms with E-state index in [1.807, 2.05) is 0 Å². The van der Waals surface area contributed by atoms with E-state index in [4.69, 9.17) is 0 Å². The van der Waals surface area contributed by atoms with Gasteiger partial charge in [0, 0.05) is 25.2 Å². The number of nitrogens with one attached hydrogen (secondary N) is 1. The summed E-state index contributed by atoms with van der Waals surface area (Å²) < 4.78 is 0. The molecule has 2 heteroatoms. The second-order valence-electron chi connectivity index (χ2n) is 6.22. The Balaban J connectivity index is 2.19. The van der Waals surface area contributed by atoms with E-state index in [1.165, 1.54) is 84.0 Å². The molecule has 0 atom stereocenters. The van der Waals surface area contributed by atoms with Gasteiger partial charge in [-0.2, -0.15) is 0 Å². The number of nitrogens with zero attached hydrogens (tertiary/aromatic N) is 1. The summed E-state index contributed by atoms with van der Waals surface area (Å²) in [6.45, 7) is 11.9. The van der Waals surface area contributed by atoms with Crippen molar-refractivity contribution in [3.05, 3.63) is 0 Å². The van der Waals surface area contributed by atoms with Gasteiger partial charge in [-0.15, -0.1) is 0 Å². The topological polar surface area (TPSA) is 15.3 Å². The largest absolute Gasteiger partial charge is 0.314 e. The van der Waals surface area contributed by atoms with Crippen LogP contribution in [-0.2, 0) is 0 Å². The first-order valence-corrected chi connectivity index (χ1v) is 8.75. The van der Waals surface area contributed by atoms with Crippen LogP contribution in [0.4, 0.5) is 0 Å². The van der Waals surface area contributed by atoms with Gasteiger partial charge in [-0.25, -0.2) is 0 Å². The molecular weight excluding hydrogens is 232 g/mol. The molecule has 0 spiro atoms. The van der Waals surface area contributed by atoms with Gasteiger partial charge in [0.05, 0.1) is 0 Å². The number of unbranched alkanes of at least 4 members (excludes halogenated alkanes) is 6. The molecule has 0 unspecified atom stereocenters. The molecule has 0 aromatic rings. The Morgan fingerprint density at radius 2 is 1.53 bits per heavy atom. The van der Waals surface area contributed by atoms with Gasteiger partial charge in [0.2, 0.25) is 0 Å². The minimum Gasteiger partial charge on any atom is -0.314 e. The third-order valence-corrected chi connectivity index (χ3v) is 5.03. The Bertz CT molecular complexity index is 211. The van der Waals surface area contributed by atoms with Crippen molar-refractivity contribution in [3.8, 4) is 0 Å². The minimum atomic E-state index is 0.445. The van der Waals surface area contributed by atoms with Crippen LogP contribution in [0, 0.1) is 0 Å². The Morgan fingerprint density at radius 1 is 0.895 bits per heavy atom. The maximum absolute atomic E-state index is 3.59. The van der Waals surface area contributed by atoms with Crippen LogP contribution in [0.15, 0.2) is 0 Å². The van der Waals surface area contributed by atoms with Gasteiger partial charge >= 0.3 is 0 Å². The molecule has 1 heterocycles. The minimum absolute atomic E-state index is 0.445. The molecule has 0 amide bonds. The molecule has 0 aliphatic carbocycles. The molecule has 1 fully saturated rings. The second-order valence-corrected chi connectivity index (χ2v) is 6.22. The van der Waals surface area contributed by atoms with Gasteiger partial charge < -0.3 is 5.32 Å². The van der Waals surface area contributed by atoms with Gasteiger partial charge in [-0.1, -0.05) is 59.3 Å². The summed E-state index contributed by atoms with van der Waals surface area (Å²) in [7, 11) is 0. The standard InChI is InChI=1S/C17H36N2/c1-4-7-8-9-10-11-12-14-19-15-13-18-16-17(19,5-2)6-3/h18H,4-16H2,1-3H3. The quantitative estimate of drug-likeness (QED) is 0.597. The Morgan fingerprint density at radius 3 is 2.16 bits per heavy atom. The maximum atomic E-state index is 3.59. The first-order chi connectivity index (χ1) is 9.29. The molecule has 0 radical (unpaired) electrons. The molecule has 1 rings (SSSR count). The highest BCUT2D eigenvalue weighted by Crippen LogP contribution is 2.26. The number of hydrogen-bond acceptors (Lipinski definition) is 2. The van der Waals surface area contributed by atoms with Crippen LogP contribution in [0.3, 0.4) is 0 Å². The van der Waals surface area contributed by atoms with E-state index in [0.717, 1.165) is 0 Å². The van der Waals surface area contributed by atoms with Crippen molar-refractivity contribution < 1.29 is 0 Å². The summed E-state index contributed by atoms with van der Waals surface area (Å²) in [6.07, 6.45) is 12.5. The average molecular weight is 268 g/mol. The van der Waals surface area contributed by atoms with E-state index in [2.05, 4.69) is 31.0 Å². The Kier molecular flexibility index (Phi) is 8.72. The number of rotatable bonds is 10. The highest BCUT2D eigenvalue weighted by molar-refractivity contribution is 4.93. The fourth-order valence-electron chi connectivity index (χ4n) is 3.44. The predicted octanol–water partition coefficient (Wildman–Crippen LogP) is 4.20. The van der Waals surface area contributed by atoms with Crippen molar-refractivity contribution in [1.82, 2.24) is 10.2 Å². The fraction of sp³-hybridized carbons (Fsp3) is 1.00. The summed E-state index contributed by atoms with van der Waals surface area (Å²) >= 11 is 0. The predicted molar refractivity (Wildman–Crippen MR) is 85.7 cm³/mol. The van der Waals surface area contributed by atoms with Crippen molar-refractivity contribution in [1.29, 1.82) is 0 Å². The lowest BCUT2D eigenvalue weighted by Crippen LogP contribution is -2.60. The highest BCUT2D eigenvalue weighted by Gasteiger charge is 2.34. The van der Waals surface area contributed by atoms with E-state index >= 15 is 0 Å². The van der Waals surface area contributed by atoms with E-state index in [1.54, 1.807) is 0 Å². The molecule has 2 nitrogen and oxygen atoms in total. The highest BCUT2D eigenvalue weighted by atomic mass is 15.3. The maximum Gasteiger partial charge on any atom is 0.0329 e. The molecule has 1 aliphatic rings. The van der Waals surface area contributed by atoms with Crippen molar-refractivity contribution in [3.63, 3.8) is 0 Å². The van der Waals surface area contributed by atoms with Crippen LogP contribution < -0.4 is 5.32 Å². The molecule has 1 aliphatic heterocycles. The zero-order valence-electron chi connectivity index (χ0n) is 13.6. The Labute approximate surface area is 121 Å². The zero-order chi connectivity index (χ0) is 14.0. The summed E-state index contributed by atoms with van der Waals surface area (Å²) in [6, 6.07) is 0. The number of hydrogen-bond donors (Lipinski definition) is 1. The lowest BCUT2D eigenvalue weighted by atomic mass is 9.88. The van der Waals surface area contributed by atoms with Crippen LogP contribution in [0.2, 0.25) is 0 Å². The molecule has 19 heavy (non-hydrogen) atoms. The van der Waals surface area contributed by atoms with Gasteiger partial charge in [-0.05, 0) is 25.8 Å². The summed E-state index contributed by atoms with van der Waals surface area (Å²) in [5.41, 5.74) is 0.445. The lowest BCUT2D eigenvalue weighted by Gasteiger charge is -2.47. The fourth-order valence-corrected chi connectivity index (χ4v) is 3.44. The van der Waals surface area contributed by atoms with E-state index in [0.29, 0.717) is 5.54 Å². The Hall–Kier alpha value is -0.0800. The van der Waals surface area contributed by atoms with Crippen LogP contribution in [0.1, 0.15) is 78.6 Å². The molecule has 114 valence electrons. The molecule has 0 bridgehead atoms. The SMILES string of the molecule is CCCCCCCCCN1CCNCC1(CC)CC. The van der Waals surface area contributed by atoms with E-state index < -0.39 is 0 Å². The molecule has 1 N–H and O–H groups in total. The van der Waals surface area contributed by atoms with Gasteiger partial charge in [0.15, 0.2) is 0 Å². The van der Waals surface area contributed by atoms with E-state index in [9.17, 15) is 0 Å².